The number of hydrogen-bond acceptors (Lipinski definition) is 4. The van der Waals surface area contributed by atoms with E-state index in [-0.39, 0.29) is 11.7 Å². The van der Waals surface area contributed by atoms with Gasteiger partial charge in [-0.25, -0.2) is 0 Å². The van der Waals surface area contributed by atoms with E-state index < -0.39 is 0 Å². The molecule has 1 saturated heterocycles. The second kappa shape index (κ2) is 6.19. The van der Waals surface area contributed by atoms with E-state index in [1.165, 1.54) is 11.1 Å². The first-order valence-electron chi connectivity index (χ1n) is 8.64. The first-order valence-corrected chi connectivity index (χ1v) is 8.64. The minimum atomic E-state index is -0.0780. The van der Waals surface area contributed by atoms with Crippen LogP contribution in [0.2, 0.25) is 0 Å². The molecule has 1 aromatic carbocycles. The van der Waals surface area contributed by atoms with Crippen molar-refractivity contribution < 1.29 is 9.47 Å². The van der Waals surface area contributed by atoms with Gasteiger partial charge in [-0.3, -0.25) is 9.88 Å². The maximum Gasteiger partial charge on any atom is 0.123 e. The summed E-state index contributed by atoms with van der Waals surface area (Å²) in [4.78, 5) is 6.67. The van der Waals surface area contributed by atoms with E-state index in [0.29, 0.717) is 0 Å². The number of pyridine rings is 1. The molecule has 1 fully saturated rings. The van der Waals surface area contributed by atoms with E-state index >= 15 is 0 Å². The zero-order chi connectivity index (χ0) is 16.6. The lowest BCUT2D eigenvalue weighted by atomic mass is 10.00. The summed E-state index contributed by atoms with van der Waals surface area (Å²) in [6.45, 7) is 7.88. The molecule has 2 aliphatic rings. The Kier molecular flexibility index (Phi) is 4.02. The number of benzene rings is 1. The van der Waals surface area contributed by atoms with Crippen molar-refractivity contribution in [1.29, 1.82) is 0 Å². The molecular weight excluding hydrogens is 300 g/mol. The largest absolute Gasteiger partial charge is 0.487 e. The summed E-state index contributed by atoms with van der Waals surface area (Å²) in [6, 6.07) is 10.7. The number of morpholine rings is 1. The van der Waals surface area contributed by atoms with Crippen LogP contribution in [0.25, 0.3) is 0 Å². The van der Waals surface area contributed by atoms with Crippen LogP contribution in [0.15, 0.2) is 42.7 Å². The summed E-state index contributed by atoms with van der Waals surface area (Å²) in [5, 5.41) is 0. The lowest BCUT2D eigenvalue weighted by Gasteiger charge is -2.33. The Morgan fingerprint density at radius 1 is 1.29 bits per heavy atom. The molecule has 1 aromatic heterocycles. The van der Waals surface area contributed by atoms with Gasteiger partial charge in [-0.2, -0.15) is 0 Å². The molecule has 0 unspecified atom stereocenters. The van der Waals surface area contributed by atoms with Gasteiger partial charge in [-0.05, 0) is 37.1 Å². The molecule has 4 heteroatoms. The van der Waals surface area contributed by atoms with Crippen LogP contribution in [0, 0.1) is 0 Å². The summed E-state index contributed by atoms with van der Waals surface area (Å²) in [7, 11) is 0. The Hall–Kier alpha value is -1.91. The van der Waals surface area contributed by atoms with Gasteiger partial charge in [-0.1, -0.05) is 18.2 Å². The second-order valence-corrected chi connectivity index (χ2v) is 7.36. The van der Waals surface area contributed by atoms with Crippen molar-refractivity contribution in [1.82, 2.24) is 9.88 Å². The highest BCUT2D eigenvalue weighted by atomic mass is 16.5. The predicted octanol–water partition coefficient (Wildman–Crippen LogP) is 3.37. The van der Waals surface area contributed by atoms with Gasteiger partial charge in [0, 0.05) is 44.0 Å². The van der Waals surface area contributed by atoms with E-state index in [0.717, 1.165) is 44.0 Å². The maximum atomic E-state index is 5.97. The number of hydrogen-bond donors (Lipinski definition) is 0. The number of rotatable bonds is 3. The molecule has 3 heterocycles. The first kappa shape index (κ1) is 15.6. The summed E-state index contributed by atoms with van der Waals surface area (Å²) >= 11 is 0. The topological polar surface area (TPSA) is 34.6 Å². The molecule has 0 N–H and O–H groups in total. The van der Waals surface area contributed by atoms with Gasteiger partial charge in [0.25, 0.3) is 0 Å². The summed E-state index contributed by atoms with van der Waals surface area (Å²) in [5.74, 6) is 1.04. The van der Waals surface area contributed by atoms with Gasteiger partial charge in [0.05, 0.1) is 12.7 Å². The molecule has 4 nitrogen and oxygen atoms in total. The van der Waals surface area contributed by atoms with E-state index in [2.05, 4.69) is 48.0 Å². The fraction of sp³-hybridized carbons (Fsp3) is 0.450. The Balaban J connectivity index is 1.44. The molecule has 0 spiro atoms. The average Bonchev–Trinajstić information content (AvgIpc) is 2.89. The van der Waals surface area contributed by atoms with Crippen molar-refractivity contribution in [2.75, 3.05) is 19.7 Å². The molecule has 1 atom stereocenters. The number of nitrogens with zero attached hydrogens (tertiary/aromatic N) is 2. The van der Waals surface area contributed by atoms with Crippen molar-refractivity contribution in [2.45, 2.75) is 38.5 Å². The van der Waals surface area contributed by atoms with Crippen LogP contribution in [0.1, 0.15) is 36.6 Å². The smallest absolute Gasteiger partial charge is 0.123 e. The molecular formula is C20H24N2O2. The molecule has 126 valence electrons. The third-order valence-corrected chi connectivity index (χ3v) is 4.74. The highest BCUT2D eigenvalue weighted by molar-refractivity contribution is 5.41. The van der Waals surface area contributed by atoms with Gasteiger partial charge < -0.3 is 9.47 Å². The summed E-state index contributed by atoms with van der Waals surface area (Å²) in [5.41, 5.74) is 3.76. The lowest BCUT2D eigenvalue weighted by molar-refractivity contribution is -0.0330. The number of aromatic nitrogens is 1. The number of ether oxygens (including phenoxy) is 2. The Morgan fingerprint density at radius 3 is 3.04 bits per heavy atom. The SMILES string of the molecule is CC1(C)Cc2cc(CN3CCO[C@@H](c4cccnc4)C3)ccc2O1. The molecule has 0 saturated carbocycles. The van der Waals surface area contributed by atoms with Crippen molar-refractivity contribution in [3.63, 3.8) is 0 Å². The maximum absolute atomic E-state index is 5.97. The standard InChI is InChI=1S/C20H24N2O2/c1-20(2)11-17-10-15(5-6-18(17)24-20)13-22-8-9-23-19(14-22)16-4-3-7-21-12-16/h3-7,10,12,19H,8-9,11,13-14H2,1-2H3/t19-/m1/s1. The molecule has 2 aliphatic heterocycles. The summed E-state index contributed by atoms with van der Waals surface area (Å²) in [6.07, 6.45) is 4.81. The van der Waals surface area contributed by atoms with Gasteiger partial charge in [0.2, 0.25) is 0 Å². The van der Waals surface area contributed by atoms with E-state index in [1.807, 2.05) is 12.3 Å². The van der Waals surface area contributed by atoms with Gasteiger partial charge in [0.1, 0.15) is 11.4 Å². The Bertz CT molecular complexity index is 715. The zero-order valence-corrected chi connectivity index (χ0v) is 14.4. The molecule has 0 amide bonds. The van der Waals surface area contributed by atoms with Crippen LogP contribution >= 0.6 is 0 Å². The normalized spacial score (nSPS) is 22.8. The Morgan fingerprint density at radius 2 is 2.21 bits per heavy atom. The number of fused-ring (bicyclic) bond motifs is 1. The van der Waals surface area contributed by atoms with Crippen molar-refractivity contribution in [2.24, 2.45) is 0 Å². The summed E-state index contributed by atoms with van der Waals surface area (Å²) < 4.78 is 11.9. The van der Waals surface area contributed by atoms with E-state index in [4.69, 9.17) is 9.47 Å². The van der Waals surface area contributed by atoms with Crippen molar-refractivity contribution >= 4 is 0 Å². The quantitative estimate of drug-likeness (QED) is 0.867. The minimum Gasteiger partial charge on any atom is -0.487 e. The predicted molar refractivity (Wildman–Crippen MR) is 93.1 cm³/mol. The molecule has 24 heavy (non-hydrogen) atoms. The lowest BCUT2D eigenvalue weighted by Crippen LogP contribution is -2.37. The van der Waals surface area contributed by atoms with Crippen LogP contribution in [-0.4, -0.2) is 35.2 Å². The van der Waals surface area contributed by atoms with E-state index in [1.54, 1.807) is 6.20 Å². The van der Waals surface area contributed by atoms with Gasteiger partial charge >= 0.3 is 0 Å². The van der Waals surface area contributed by atoms with Crippen molar-refractivity contribution in [3.05, 3.63) is 59.4 Å². The molecule has 0 aliphatic carbocycles. The fourth-order valence-electron chi connectivity index (χ4n) is 3.63. The highest BCUT2D eigenvalue weighted by Crippen LogP contribution is 2.35. The van der Waals surface area contributed by atoms with Crippen LogP contribution in [0.4, 0.5) is 0 Å². The zero-order valence-electron chi connectivity index (χ0n) is 14.4. The Labute approximate surface area is 143 Å². The molecule has 0 bridgehead atoms. The van der Waals surface area contributed by atoms with E-state index in [9.17, 15) is 0 Å². The van der Waals surface area contributed by atoms with Crippen LogP contribution in [0.5, 0.6) is 5.75 Å². The van der Waals surface area contributed by atoms with Gasteiger partial charge in [-0.15, -0.1) is 0 Å². The molecule has 4 rings (SSSR count). The molecule has 2 aromatic rings. The van der Waals surface area contributed by atoms with Crippen LogP contribution < -0.4 is 4.74 Å². The molecule has 0 radical (unpaired) electrons. The third-order valence-electron chi connectivity index (χ3n) is 4.74. The van der Waals surface area contributed by atoms with Gasteiger partial charge in [0.15, 0.2) is 0 Å². The van der Waals surface area contributed by atoms with Crippen LogP contribution in [0.3, 0.4) is 0 Å². The second-order valence-electron chi connectivity index (χ2n) is 7.36. The fourth-order valence-corrected chi connectivity index (χ4v) is 3.63. The minimum absolute atomic E-state index is 0.0780. The van der Waals surface area contributed by atoms with Crippen molar-refractivity contribution in [3.8, 4) is 5.75 Å². The highest BCUT2D eigenvalue weighted by Gasteiger charge is 2.30. The monoisotopic (exact) mass is 324 g/mol. The first-order chi connectivity index (χ1) is 11.6. The van der Waals surface area contributed by atoms with Crippen LogP contribution in [-0.2, 0) is 17.7 Å². The third kappa shape index (κ3) is 3.30. The average molecular weight is 324 g/mol.